The molecule has 5 rings (SSSR count). The molecule has 0 spiro atoms. The van der Waals surface area contributed by atoms with Crippen LogP contribution in [0.5, 0.6) is 5.75 Å². The lowest BCUT2D eigenvalue weighted by Gasteiger charge is -2.10. The summed E-state index contributed by atoms with van der Waals surface area (Å²) in [4.78, 5) is 17.4. The normalized spacial score (nSPS) is 11.2. The zero-order chi connectivity index (χ0) is 26.1. The number of halogens is 3. The molecule has 1 N–H and O–H groups in total. The van der Waals surface area contributed by atoms with Gasteiger partial charge in [-0.2, -0.15) is 0 Å². The topological polar surface area (TPSA) is 64.4 Å². The van der Waals surface area contributed by atoms with Gasteiger partial charge in [0.2, 0.25) is 5.89 Å². The van der Waals surface area contributed by atoms with Crippen molar-refractivity contribution in [1.29, 1.82) is 0 Å². The highest BCUT2D eigenvalue weighted by molar-refractivity contribution is 6.36. The first kappa shape index (κ1) is 25.2. The zero-order valence-electron chi connectivity index (χ0n) is 19.9. The minimum atomic E-state index is -0.396. The Kier molecular flexibility index (Phi) is 7.11. The predicted molar refractivity (Wildman–Crippen MR) is 150 cm³/mol. The molecule has 1 amide bonds. The van der Waals surface area contributed by atoms with Gasteiger partial charge >= 0.3 is 0 Å². The highest BCUT2D eigenvalue weighted by atomic mass is 35.5. The molecule has 8 heteroatoms. The van der Waals surface area contributed by atoms with Crippen LogP contribution in [-0.2, 0) is 0 Å². The fraction of sp³-hybridized carbons (Fsp3) is 0.103. The van der Waals surface area contributed by atoms with E-state index in [0.29, 0.717) is 43.3 Å². The van der Waals surface area contributed by atoms with Gasteiger partial charge in [-0.3, -0.25) is 4.79 Å². The van der Waals surface area contributed by atoms with Crippen LogP contribution in [0.2, 0.25) is 15.1 Å². The van der Waals surface area contributed by atoms with Crippen molar-refractivity contribution < 1.29 is 13.9 Å². The molecule has 4 aromatic carbocycles. The van der Waals surface area contributed by atoms with Gasteiger partial charge in [0.15, 0.2) is 5.58 Å². The Bertz CT molecular complexity index is 1610. The zero-order valence-corrected chi connectivity index (χ0v) is 22.2. The van der Waals surface area contributed by atoms with Gasteiger partial charge in [-0.05, 0) is 85.6 Å². The predicted octanol–water partition coefficient (Wildman–Crippen LogP) is 9.16. The molecule has 5 nitrogen and oxygen atoms in total. The molecule has 0 unspecified atom stereocenters. The Balaban J connectivity index is 1.42. The number of ether oxygens (including phenoxy) is 1. The number of aromatic nitrogens is 1. The molecule has 0 aliphatic heterocycles. The van der Waals surface area contributed by atoms with Gasteiger partial charge in [-0.15, -0.1) is 0 Å². The summed E-state index contributed by atoms with van der Waals surface area (Å²) in [5, 5.41) is 3.97. The first-order valence-corrected chi connectivity index (χ1v) is 12.6. The summed E-state index contributed by atoms with van der Waals surface area (Å²) >= 11 is 18.7. The van der Waals surface area contributed by atoms with E-state index < -0.39 is 5.91 Å². The molecular formula is C29H21Cl3N2O3. The van der Waals surface area contributed by atoms with Gasteiger partial charge in [-0.1, -0.05) is 53.0 Å². The molecule has 0 fully saturated rings. The maximum absolute atomic E-state index is 12.8. The number of hydrogen-bond donors (Lipinski definition) is 1. The first-order chi connectivity index (χ1) is 17.8. The van der Waals surface area contributed by atoms with Crippen LogP contribution in [0.15, 0.2) is 83.3 Å². The average molecular weight is 552 g/mol. The van der Waals surface area contributed by atoms with Crippen LogP contribution in [0.4, 0.5) is 5.69 Å². The standard InChI is InChI=1S/C29H21Cl3N2O3/c1-16(2)36-21-8-3-17(4-9-21)18-5-12-27-26(13-18)34-29(37-27)23-15-20(7-11-25(23)32)33-28(35)22-14-19(30)6-10-24(22)31/h3-16H,1-2H3,(H,33,35). The lowest BCUT2D eigenvalue weighted by atomic mass is 10.1. The van der Waals surface area contributed by atoms with Crippen molar-refractivity contribution in [2.45, 2.75) is 20.0 Å². The summed E-state index contributed by atoms with van der Waals surface area (Å²) in [5.74, 6) is 0.769. The van der Waals surface area contributed by atoms with E-state index in [-0.39, 0.29) is 11.7 Å². The monoisotopic (exact) mass is 550 g/mol. The number of carbonyl (C=O) groups excluding carboxylic acids is 1. The molecule has 0 saturated heterocycles. The van der Waals surface area contributed by atoms with E-state index in [4.69, 9.17) is 44.0 Å². The molecule has 0 radical (unpaired) electrons. The van der Waals surface area contributed by atoms with E-state index in [1.165, 1.54) is 6.07 Å². The molecule has 0 atom stereocenters. The maximum Gasteiger partial charge on any atom is 0.257 e. The number of oxazole rings is 1. The molecule has 37 heavy (non-hydrogen) atoms. The van der Waals surface area contributed by atoms with E-state index in [9.17, 15) is 4.79 Å². The van der Waals surface area contributed by atoms with E-state index in [2.05, 4.69) is 10.3 Å². The number of benzene rings is 4. The maximum atomic E-state index is 12.8. The number of amides is 1. The van der Waals surface area contributed by atoms with E-state index in [1.54, 1.807) is 30.3 Å². The molecule has 5 aromatic rings. The van der Waals surface area contributed by atoms with Crippen molar-refractivity contribution in [1.82, 2.24) is 4.98 Å². The summed E-state index contributed by atoms with van der Waals surface area (Å²) in [6, 6.07) is 23.5. The van der Waals surface area contributed by atoms with Crippen LogP contribution in [-0.4, -0.2) is 17.0 Å². The summed E-state index contributed by atoms with van der Waals surface area (Å²) in [6.45, 7) is 3.99. The highest BCUT2D eigenvalue weighted by Gasteiger charge is 2.16. The quantitative estimate of drug-likeness (QED) is 0.228. The van der Waals surface area contributed by atoms with Gasteiger partial charge in [0.25, 0.3) is 5.91 Å². The van der Waals surface area contributed by atoms with Gasteiger partial charge in [0.05, 0.1) is 27.3 Å². The van der Waals surface area contributed by atoms with Crippen molar-refractivity contribution >= 4 is 57.5 Å². The number of fused-ring (bicyclic) bond motifs is 1. The highest BCUT2D eigenvalue weighted by Crippen LogP contribution is 2.34. The molecule has 1 heterocycles. The lowest BCUT2D eigenvalue weighted by Crippen LogP contribution is -2.12. The van der Waals surface area contributed by atoms with Crippen LogP contribution >= 0.6 is 34.8 Å². The number of rotatable bonds is 6. The van der Waals surface area contributed by atoms with E-state index >= 15 is 0 Å². The third-order valence-corrected chi connectivity index (χ3v) is 6.47. The third-order valence-electron chi connectivity index (χ3n) is 5.57. The summed E-state index contributed by atoms with van der Waals surface area (Å²) in [6.07, 6.45) is 0.115. The van der Waals surface area contributed by atoms with Crippen LogP contribution < -0.4 is 10.1 Å². The van der Waals surface area contributed by atoms with E-state index in [0.717, 1.165) is 16.9 Å². The Morgan fingerprint density at radius 1 is 0.865 bits per heavy atom. The summed E-state index contributed by atoms with van der Waals surface area (Å²) < 4.78 is 11.7. The Labute approximate surface area is 228 Å². The van der Waals surface area contributed by atoms with Crippen molar-refractivity contribution in [3.63, 3.8) is 0 Å². The number of hydrogen-bond acceptors (Lipinski definition) is 4. The fourth-order valence-corrected chi connectivity index (χ4v) is 4.43. The van der Waals surface area contributed by atoms with Gasteiger partial charge in [0, 0.05) is 10.7 Å². The van der Waals surface area contributed by atoms with Crippen LogP contribution in [0.3, 0.4) is 0 Å². The Morgan fingerprint density at radius 2 is 1.59 bits per heavy atom. The third kappa shape index (κ3) is 5.59. The summed E-state index contributed by atoms with van der Waals surface area (Å²) in [7, 11) is 0. The van der Waals surface area contributed by atoms with Crippen molar-refractivity contribution in [3.05, 3.63) is 99.5 Å². The molecule has 0 bridgehead atoms. The SMILES string of the molecule is CC(C)Oc1ccc(-c2ccc3oc(-c4cc(NC(=O)c5cc(Cl)ccc5Cl)ccc4Cl)nc3c2)cc1. The van der Waals surface area contributed by atoms with Crippen LogP contribution in [0.25, 0.3) is 33.7 Å². The smallest absolute Gasteiger partial charge is 0.257 e. The first-order valence-electron chi connectivity index (χ1n) is 11.5. The second kappa shape index (κ2) is 10.5. The molecule has 1 aromatic heterocycles. The van der Waals surface area contributed by atoms with Gasteiger partial charge in [-0.25, -0.2) is 4.98 Å². The second-order valence-electron chi connectivity index (χ2n) is 8.67. The fourth-order valence-electron chi connectivity index (χ4n) is 3.86. The molecule has 0 aliphatic rings. The molecule has 0 saturated carbocycles. The number of anilines is 1. The molecular weight excluding hydrogens is 531 g/mol. The largest absolute Gasteiger partial charge is 0.491 e. The Morgan fingerprint density at radius 3 is 2.35 bits per heavy atom. The lowest BCUT2D eigenvalue weighted by molar-refractivity contribution is 0.102. The number of nitrogens with zero attached hydrogens (tertiary/aromatic N) is 1. The Hall–Kier alpha value is -3.51. The van der Waals surface area contributed by atoms with Gasteiger partial charge in [0.1, 0.15) is 11.3 Å². The van der Waals surface area contributed by atoms with E-state index in [1.807, 2.05) is 56.3 Å². The molecule has 186 valence electrons. The van der Waals surface area contributed by atoms with Crippen molar-refractivity contribution in [3.8, 4) is 28.3 Å². The molecule has 0 aliphatic carbocycles. The summed E-state index contributed by atoms with van der Waals surface area (Å²) in [5.41, 5.74) is 4.65. The minimum absolute atomic E-state index is 0.115. The number of carbonyl (C=O) groups is 1. The minimum Gasteiger partial charge on any atom is -0.491 e. The van der Waals surface area contributed by atoms with Gasteiger partial charge < -0.3 is 14.5 Å². The van der Waals surface area contributed by atoms with Crippen molar-refractivity contribution in [2.24, 2.45) is 0 Å². The number of nitrogens with one attached hydrogen (secondary N) is 1. The van der Waals surface area contributed by atoms with Crippen LogP contribution in [0.1, 0.15) is 24.2 Å². The second-order valence-corrected chi connectivity index (χ2v) is 9.92. The van der Waals surface area contributed by atoms with Crippen LogP contribution in [0, 0.1) is 0 Å². The average Bonchev–Trinajstić information content (AvgIpc) is 3.30. The van der Waals surface area contributed by atoms with Crippen molar-refractivity contribution in [2.75, 3.05) is 5.32 Å².